The summed E-state index contributed by atoms with van der Waals surface area (Å²) in [5.41, 5.74) is 1.07. The summed E-state index contributed by atoms with van der Waals surface area (Å²) < 4.78 is 1.77. The van der Waals surface area contributed by atoms with E-state index in [1.165, 1.54) is 12.8 Å². The van der Waals surface area contributed by atoms with Crippen LogP contribution in [0.25, 0.3) is 0 Å². The fourth-order valence-corrected chi connectivity index (χ4v) is 6.01. The third-order valence-electron chi connectivity index (χ3n) is 8.06. The third-order valence-corrected chi connectivity index (χ3v) is 8.06. The van der Waals surface area contributed by atoms with Crippen molar-refractivity contribution in [2.75, 3.05) is 6.54 Å². The first-order valence-corrected chi connectivity index (χ1v) is 12.1. The summed E-state index contributed by atoms with van der Waals surface area (Å²) in [4.78, 5) is 39.1. The lowest BCUT2D eigenvalue weighted by molar-refractivity contribution is 0.0942. The Morgan fingerprint density at radius 1 is 1.00 bits per heavy atom. The molecule has 1 aromatic heterocycles. The normalized spacial score (nSPS) is 25.9. The van der Waals surface area contributed by atoms with Gasteiger partial charge in [-0.1, -0.05) is 42.5 Å². The molecule has 2 amide bonds. The second kappa shape index (κ2) is 7.72. The molecule has 0 saturated heterocycles. The smallest absolute Gasteiger partial charge is 0.256 e. The molecule has 0 aliphatic heterocycles. The number of hydrogen-bond acceptors (Lipinski definition) is 3. The molecule has 6 heteroatoms. The van der Waals surface area contributed by atoms with Crippen molar-refractivity contribution in [3.8, 4) is 0 Å². The Morgan fingerprint density at radius 3 is 2.39 bits per heavy atom. The Morgan fingerprint density at radius 2 is 1.73 bits per heavy atom. The molecule has 3 fully saturated rings. The molecule has 2 N–H and O–H groups in total. The van der Waals surface area contributed by atoms with Crippen molar-refractivity contribution in [2.24, 2.45) is 23.2 Å². The van der Waals surface area contributed by atoms with Crippen LogP contribution < -0.4 is 16.1 Å². The Balaban J connectivity index is 1.24. The van der Waals surface area contributed by atoms with Crippen LogP contribution in [0.5, 0.6) is 0 Å². The van der Waals surface area contributed by atoms with E-state index in [-0.39, 0.29) is 23.1 Å². The quantitative estimate of drug-likeness (QED) is 0.646. The Labute approximate surface area is 193 Å². The van der Waals surface area contributed by atoms with Gasteiger partial charge in [-0.25, -0.2) is 0 Å². The molecule has 4 aliphatic rings. The van der Waals surface area contributed by atoms with E-state index in [2.05, 4.69) is 22.8 Å². The van der Waals surface area contributed by atoms with Crippen LogP contribution in [0.2, 0.25) is 0 Å². The molecule has 33 heavy (non-hydrogen) atoms. The summed E-state index contributed by atoms with van der Waals surface area (Å²) in [5, 5.41) is 5.91. The number of hydrogen-bond donors (Lipinski definition) is 2. The van der Waals surface area contributed by atoms with Gasteiger partial charge in [-0.15, -0.1) is 0 Å². The molecule has 0 radical (unpaired) electrons. The topological polar surface area (TPSA) is 80.2 Å². The maximum Gasteiger partial charge on any atom is 0.256 e. The van der Waals surface area contributed by atoms with E-state index in [0.717, 1.165) is 24.8 Å². The van der Waals surface area contributed by atoms with Gasteiger partial charge in [0.25, 0.3) is 11.8 Å². The van der Waals surface area contributed by atoms with Crippen LogP contribution in [-0.2, 0) is 6.54 Å². The van der Waals surface area contributed by atoms with Crippen molar-refractivity contribution in [2.45, 2.75) is 44.7 Å². The SMILES string of the molecule is O=C(NC[C@H]1C[C@H]2C=C[C@H]1C21CC1)c1cn(Cc2ccccc2)cc(C(=O)NC2CC2)c1=O. The minimum absolute atomic E-state index is 0.0327. The number of nitrogens with zero attached hydrogens (tertiary/aromatic N) is 1. The van der Waals surface area contributed by atoms with Crippen LogP contribution in [-0.4, -0.2) is 29.0 Å². The van der Waals surface area contributed by atoms with Crippen LogP contribution in [0.15, 0.2) is 59.7 Å². The Hall–Kier alpha value is -3.15. The van der Waals surface area contributed by atoms with Crippen LogP contribution in [0.1, 0.15) is 58.4 Å². The second-order valence-corrected chi connectivity index (χ2v) is 10.3. The van der Waals surface area contributed by atoms with E-state index in [0.29, 0.717) is 36.3 Å². The van der Waals surface area contributed by atoms with Gasteiger partial charge >= 0.3 is 0 Å². The fraction of sp³-hybridized carbons (Fsp3) is 0.444. The molecule has 1 heterocycles. The predicted octanol–water partition coefficient (Wildman–Crippen LogP) is 3.12. The molecule has 6 nitrogen and oxygen atoms in total. The van der Waals surface area contributed by atoms with E-state index in [4.69, 9.17) is 0 Å². The first-order valence-electron chi connectivity index (χ1n) is 12.1. The van der Waals surface area contributed by atoms with Gasteiger partial charge in [-0.2, -0.15) is 0 Å². The van der Waals surface area contributed by atoms with E-state index in [1.807, 2.05) is 30.3 Å². The summed E-state index contributed by atoms with van der Waals surface area (Å²) in [6.07, 6.45) is 13.4. The van der Waals surface area contributed by atoms with Crippen LogP contribution in [0.4, 0.5) is 0 Å². The van der Waals surface area contributed by atoms with Crippen molar-refractivity contribution in [1.82, 2.24) is 15.2 Å². The number of benzene rings is 1. The highest BCUT2D eigenvalue weighted by Crippen LogP contribution is 2.69. The van der Waals surface area contributed by atoms with Crippen molar-refractivity contribution in [3.05, 3.63) is 81.8 Å². The number of carbonyl (C=O) groups is 2. The van der Waals surface area contributed by atoms with Crippen molar-refractivity contribution in [1.29, 1.82) is 0 Å². The predicted molar refractivity (Wildman–Crippen MR) is 125 cm³/mol. The molecule has 1 aromatic carbocycles. The standard InChI is InChI=1S/C27H29N3O3/c31-24-21(25(32)28-13-18-12-19-6-9-23(18)27(19)10-11-27)15-30(14-17-4-2-1-3-5-17)16-22(24)26(33)29-20-7-8-20/h1-6,9,15-16,18-20,23H,7-8,10-14H2,(H,28,32)(H,29,33)/t18-,19-,23-/m1/s1. The number of pyridine rings is 1. The van der Waals surface area contributed by atoms with Crippen LogP contribution >= 0.6 is 0 Å². The van der Waals surface area contributed by atoms with Gasteiger partial charge in [0.05, 0.1) is 0 Å². The molecule has 2 bridgehead atoms. The lowest BCUT2D eigenvalue weighted by atomic mass is 9.89. The van der Waals surface area contributed by atoms with Crippen molar-refractivity contribution >= 4 is 11.8 Å². The van der Waals surface area contributed by atoms with Crippen molar-refractivity contribution in [3.63, 3.8) is 0 Å². The average Bonchev–Trinajstić information content (AvgIpc) is 3.73. The molecule has 3 saturated carbocycles. The highest BCUT2D eigenvalue weighted by atomic mass is 16.2. The maximum atomic E-state index is 13.1. The third kappa shape index (κ3) is 3.71. The van der Waals surface area contributed by atoms with E-state index in [1.54, 1.807) is 17.0 Å². The molecular weight excluding hydrogens is 414 g/mol. The van der Waals surface area contributed by atoms with Gasteiger partial charge in [0.15, 0.2) is 0 Å². The Kier molecular flexibility index (Phi) is 4.78. The number of allylic oxidation sites excluding steroid dienone is 2. The molecule has 0 unspecified atom stereocenters. The first-order chi connectivity index (χ1) is 16.0. The number of aromatic nitrogens is 1. The maximum absolute atomic E-state index is 13.1. The lowest BCUT2D eigenvalue weighted by Gasteiger charge is -2.20. The molecule has 6 rings (SSSR count). The number of carbonyl (C=O) groups excluding carboxylic acids is 2. The molecule has 170 valence electrons. The average molecular weight is 444 g/mol. The van der Waals surface area contributed by atoms with E-state index < -0.39 is 11.3 Å². The highest BCUT2D eigenvalue weighted by molar-refractivity contribution is 5.99. The molecule has 1 spiro atoms. The van der Waals surface area contributed by atoms with Crippen LogP contribution in [0.3, 0.4) is 0 Å². The molecule has 3 atom stereocenters. The van der Waals surface area contributed by atoms with Gasteiger partial charge in [-0.05, 0) is 60.8 Å². The fourth-order valence-electron chi connectivity index (χ4n) is 6.01. The summed E-state index contributed by atoms with van der Waals surface area (Å²) in [6, 6.07) is 9.94. The Bertz CT molecular complexity index is 1190. The van der Waals surface area contributed by atoms with Gasteiger partial charge < -0.3 is 15.2 Å². The molecular formula is C27H29N3O3. The summed E-state index contributed by atoms with van der Waals surface area (Å²) in [5.74, 6) is 0.849. The van der Waals surface area contributed by atoms with Gasteiger partial charge in [-0.3, -0.25) is 14.4 Å². The van der Waals surface area contributed by atoms with E-state index >= 15 is 0 Å². The number of rotatable bonds is 7. The largest absolute Gasteiger partial charge is 0.352 e. The van der Waals surface area contributed by atoms with Gasteiger partial charge in [0.2, 0.25) is 5.43 Å². The summed E-state index contributed by atoms with van der Waals surface area (Å²) in [7, 11) is 0. The van der Waals surface area contributed by atoms with E-state index in [9.17, 15) is 14.4 Å². The van der Waals surface area contributed by atoms with Gasteiger partial charge in [0.1, 0.15) is 11.1 Å². The second-order valence-electron chi connectivity index (χ2n) is 10.3. The summed E-state index contributed by atoms with van der Waals surface area (Å²) in [6.45, 7) is 1.05. The van der Waals surface area contributed by atoms with Crippen molar-refractivity contribution < 1.29 is 9.59 Å². The lowest BCUT2D eigenvalue weighted by Crippen LogP contribution is -2.38. The zero-order valence-corrected chi connectivity index (χ0v) is 18.6. The van der Waals surface area contributed by atoms with Crippen LogP contribution in [0, 0.1) is 23.2 Å². The zero-order chi connectivity index (χ0) is 22.6. The number of amides is 2. The zero-order valence-electron chi connectivity index (χ0n) is 18.6. The van der Waals surface area contributed by atoms with Gasteiger partial charge in [0, 0.05) is 31.5 Å². The first kappa shape index (κ1) is 20.5. The molecule has 2 aromatic rings. The summed E-state index contributed by atoms with van der Waals surface area (Å²) >= 11 is 0. The minimum atomic E-state index is -0.499. The minimum Gasteiger partial charge on any atom is -0.352 e. The molecule has 4 aliphatic carbocycles. The monoisotopic (exact) mass is 443 g/mol. The highest BCUT2D eigenvalue weighted by Gasteiger charge is 2.62. The number of nitrogens with one attached hydrogen (secondary N) is 2.